The first-order valence-electron chi connectivity index (χ1n) is 5.13. The summed E-state index contributed by atoms with van der Waals surface area (Å²) in [5, 5.41) is 0.480. The summed E-state index contributed by atoms with van der Waals surface area (Å²) in [4.78, 5) is 11.8. The monoisotopic (exact) mass is 258 g/mol. The molecule has 0 atom stereocenters. The van der Waals surface area contributed by atoms with Crippen LogP contribution in [0.15, 0.2) is 18.2 Å². The van der Waals surface area contributed by atoms with Crippen molar-refractivity contribution in [1.82, 2.24) is 0 Å². The highest BCUT2D eigenvalue weighted by atomic mass is 35.5. The molecule has 1 aromatic carbocycles. The molecule has 0 saturated carbocycles. The second-order valence-electron chi connectivity index (χ2n) is 3.33. The first-order valence-corrected chi connectivity index (χ1v) is 6.66. The lowest BCUT2D eigenvalue weighted by Gasteiger charge is -2.05. The first-order chi connectivity index (χ1) is 7.69. The fourth-order valence-electron chi connectivity index (χ4n) is 1.23. The predicted molar refractivity (Wildman–Crippen MR) is 70.0 cm³/mol. The van der Waals surface area contributed by atoms with Gasteiger partial charge in [0.15, 0.2) is 5.78 Å². The van der Waals surface area contributed by atoms with Crippen LogP contribution in [0.1, 0.15) is 23.7 Å². The Labute approximate surface area is 105 Å². The maximum atomic E-state index is 11.8. The van der Waals surface area contributed by atoms with Crippen molar-refractivity contribution >= 4 is 29.1 Å². The van der Waals surface area contributed by atoms with E-state index in [0.29, 0.717) is 22.1 Å². The number of carbonyl (C=O) groups excluding carboxylic acids is 1. The van der Waals surface area contributed by atoms with Gasteiger partial charge < -0.3 is 4.74 Å². The van der Waals surface area contributed by atoms with Crippen molar-refractivity contribution < 1.29 is 9.53 Å². The molecule has 0 saturated heterocycles. The molecule has 0 radical (unpaired) electrons. The zero-order valence-electron chi connectivity index (χ0n) is 9.46. The molecular formula is C12H15ClO2S. The number of benzene rings is 1. The number of ether oxygens (including phenoxy) is 1. The maximum Gasteiger partial charge on any atom is 0.172 e. The van der Waals surface area contributed by atoms with Crippen LogP contribution in [-0.2, 0) is 0 Å². The van der Waals surface area contributed by atoms with Gasteiger partial charge in [0.25, 0.3) is 0 Å². The van der Waals surface area contributed by atoms with Crippen molar-refractivity contribution in [3.05, 3.63) is 28.8 Å². The molecule has 88 valence electrons. The third-order valence-electron chi connectivity index (χ3n) is 2.06. The normalized spacial score (nSPS) is 10.2. The van der Waals surface area contributed by atoms with Crippen molar-refractivity contribution in [2.24, 2.45) is 0 Å². The fraction of sp³-hybridized carbons (Fsp3) is 0.417. The number of hydrogen-bond donors (Lipinski definition) is 0. The largest absolute Gasteiger partial charge is 0.495 e. The van der Waals surface area contributed by atoms with Gasteiger partial charge in [-0.25, -0.2) is 0 Å². The molecule has 4 heteroatoms. The number of carbonyl (C=O) groups is 1. The van der Waals surface area contributed by atoms with E-state index >= 15 is 0 Å². The molecule has 0 aromatic heterocycles. The summed E-state index contributed by atoms with van der Waals surface area (Å²) in [7, 11) is 1.56. The molecule has 1 aromatic rings. The average molecular weight is 259 g/mol. The van der Waals surface area contributed by atoms with Crippen molar-refractivity contribution in [2.75, 3.05) is 18.6 Å². The second kappa shape index (κ2) is 6.81. The molecule has 0 amide bonds. The summed E-state index contributed by atoms with van der Waals surface area (Å²) in [5.74, 6) is 2.23. The quantitative estimate of drug-likeness (QED) is 0.575. The number of thioether (sulfide) groups is 1. The molecular weight excluding hydrogens is 244 g/mol. The Morgan fingerprint density at radius 2 is 2.25 bits per heavy atom. The van der Waals surface area contributed by atoms with Gasteiger partial charge in [-0.05, 0) is 30.4 Å². The van der Waals surface area contributed by atoms with Gasteiger partial charge >= 0.3 is 0 Å². The topological polar surface area (TPSA) is 26.3 Å². The average Bonchev–Trinajstić information content (AvgIpc) is 2.29. The minimum absolute atomic E-state index is 0.114. The molecule has 0 bridgehead atoms. The molecule has 0 aliphatic rings. The highest BCUT2D eigenvalue weighted by Crippen LogP contribution is 2.25. The van der Waals surface area contributed by atoms with Crippen LogP contribution in [0.3, 0.4) is 0 Å². The molecule has 16 heavy (non-hydrogen) atoms. The van der Waals surface area contributed by atoms with E-state index in [1.807, 2.05) is 0 Å². The minimum atomic E-state index is 0.114. The number of hydrogen-bond acceptors (Lipinski definition) is 3. The molecule has 0 fully saturated rings. The standard InChI is InChI=1S/C12H15ClO2S/c1-3-6-16-8-11(14)9-4-5-12(15-2)10(13)7-9/h4-5,7H,3,6,8H2,1-2H3. The van der Waals surface area contributed by atoms with Gasteiger partial charge in [0, 0.05) is 5.56 Å². The first kappa shape index (κ1) is 13.4. The fourth-order valence-corrected chi connectivity index (χ4v) is 2.28. The van der Waals surface area contributed by atoms with E-state index in [2.05, 4.69) is 6.92 Å². The highest BCUT2D eigenvalue weighted by molar-refractivity contribution is 7.99. The van der Waals surface area contributed by atoms with Crippen molar-refractivity contribution in [2.45, 2.75) is 13.3 Å². The van der Waals surface area contributed by atoms with Gasteiger partial charge in [-0.3, -0.25) is 4.79 Å². The van der Waals surface area contributed by atoms with E-state index < -0.39 is 0 Å². The SMILES string of the molecule is CCCSCC(=O)c1ccc(OC)c(Cl)c1. The Balaban J connectivity index is 2.66. The second-order valence-corrected chi connectivity index (χ2v) is 4.84. The number of ketones is 1. The van der Waals surface area contributed by atoms with Gasteiger partial charge in [0.1, 0.15) is 5.75 Å². The molecule has 1 rings (SSSR count). The molecule has 0 heterocycles. The Hall–Kier alpha value is -0.670. The van der Waals surface area contributed by atoms with Gasteiger partial charge in [-0.2, -0.15) is 11.8 Å². The number of rotatable bonds is 6. The predicted octanol–water partition coefficient (Wildman–Crippen LogP) is 3.67. The number of methoxy groups -OCH3 is 1. The van der Waals surface area contributed by atoms with Crippen molar-refractivity contribution in [3.8, 4) is 5.75 Å². The zero-order valence-corrected chi connectivity index (χ0v) is 11.0. The van der Waals surface area contributed by atoms with Crippen LogP contribution in [0.5, 0.6) is 5.75 Å². The van der Waals surface area contributed by atoms with Crippen LogP contribution in [0.2, 0.25) is 5.02 Å². The summed E-state index contributed by atoms with van der Waals surface area (Å²) >= 11 is 7.60. The highest BCUT2D eigenvalue weighted by Gasteiger charge is 2.08. The molecule has 0 aliphatic carbocycles. The van der Waals surface area contributed by atoms with E-state index in [-0.39, 0.29) is 5.78 Å². The van der Waals surface area contributed by atoms with E-state index in [0.717, 1.165) is 12.2 Å². The van der Waals surface area contributed by atoms with Crippen LogP contribution in [-0.4, -0.2) is 24.4 Å². The smallest absolute Gasteiger partial charge is 0.172 e. The van der Waals surface area contributed by atoms with Gasteiger partial charge in [0.05, 0.1) is 17.9 Å². The molecule has 0 spiro atoms. The minimum Gasteiger partial charge on any atom is -0.495 e. The lowest BCUT2D eigenvalue weighted by molar-refractivity contribution is 0.102. The lowest BCUT2D eigenvalue weighted by Crippen LogP contribution is -2.03. The van der Waals surface area contributed by atoms with Gasteiger partial charge in [-0.15, -0.1) is 0 Å². The summed E-state index contributed by atoms with van der Waals surface area (Å²) in [5.41, 5.74) is 0.648. The Morgan fingerprint density at radius 1 is 1.50 bits per heavy atom. The summed E-state index contributed by atoms with van der Waals surface area (Å²) in [6, 6.07) is 5.13. The summed E-state index contributed by atoms with van der Waals surface area (Å²) < 4.78 is 5.03. The van der Waals surface area contributed by atoms with Crippen LogP contribution < -0.4 is 4.74 Å². The number of Topliss-reactive ketones (excluding diaryl/α,β-unsaturated/α-hetero) is 1. The Bertz CT molecular complexity index is 366. The van der Waals surface area contributed by atoms with Gasteiger partial charge in [0.2, 0.25) is 0 Å². The zero-order chi connectivity index (χ0) is 12.0. The van der Waals surface area contributed by atoms with E-state index in [4.69, 9.17) is 16.3 Å². The van der Waals surface area contributed by atoms with Crippen LogP contribution in [0.4, 0.5) is 0 Å². The Morgan fingerprint density at radius 3 is 2.81 bits per heavy atom. The third-order valence-corrected chi connectivity index (χ3v) is 3.51. The molecule has 2 nitrogen and oxygen atoms in total. The van der Waals surface area contributed by atoms with E-state index in [1.165, 1.54) is 0 Å². The maximum absolute atomic E-state index is 11.8. The van der Waals surface area contributed by atoms with Crippen LogP contribution >= 0.6 is 23.4 Å². The molecule has 0 aliphatic heterocycles. The van der Waals surface area contributed by atoms with E-state index in [1.54, 1.807) is 37.1 Å². The number of halogens is 1. The Kier molecular flexibility index (Phi) is 5.71. The van der Waals surface area contributed by atoms with Crippen LogP contribution in [0.25, 0.3) is 0 Å². The summed E-state index contributed by atoms with van der Waals surface area (Å²) in [6.45, 7) is 2.10. The van der Waals surface area contributed by atoms with Crippen molar-refractivity contribution in [3.63, 3.8) is 0 Å². The van der Waals surface area contributed by atoms with E-state index in [9.17, 15) is 4.79 Å². The molecule has 0 N–H and O–H groups in total. The van der Waals surface area contributed by atoms with Crippen LogP contribution in [0, 0.1) is 0 Å². The third kappa shape index (κ3) is 3.72. The van der Waals surface area contributed by atoms with Crippen molar-refractivity contribution in [1.29, 1.82) is 0 Å². The van der Waals surface area contributed by atoms with Gasteiger partial charge in [-0.1, -0.05) is 18.5 Å². The summed E-state index contributed by atoms with van der Waals surface area (Å²) in [6.07, 6.45) is 1.08. The lowest BCUT2D eigenvalue weighted by atomic mass is 10.1. The molecule has 0 unspecified atom stereocenters.